The molecule has 1 aromatic heterocycles. The normalized spacial score (nSPS) is 19.6. The number of alkyl halides is 3. The number of aromatic nitrogens is 2. The highest BCUT2D eigenvalue weighted by molar-refractivity contribution is 7.78. The predicted molar refractivity (Wildman–Crippen MR) is 81.6 cm³/mol. The van der Waals surface area contributed by atoms with E-state index in [4.69, 9.17) is 9.29 Å². The number of nitrogens with zero attached hydrogens (tertiary/aromatic N) is 2. The van der Waals surface area contributed by atoms with E-state index in [-0.39, 0.29) is 11.8 Å². The molecular formula is C15H15F3N2O3S. The van der Waals surface area contributed by atoms with Crippen molar-refractivity contribution in [1.82, 2.24) is 9.78 Å². The van der Waals surface area contributed by atoms with Crippen LogP contribution in [0.3, 0.4) is 0 Å². The Morgan fingerprint density at radius 3 is 2.58 bits per heavy atom. The zero-order valence-corrected chi connectivity index (χ0v) is 13.3. The molecule has 2 heterocycles. The Kier molecular flexibility index (Phi) is 4.75. The third-order valence-electron chi connectivity index (χ3n) is 3.82. The summed E-state index contributed by atoms with van der Waals surface area (Å²) < 4.78 is 65.4. The van der Waals surface area contributed by atoms with Gasteiger partial charge in [0.2, 0.25) is 0 Å². The van der Waals surface area contributed by atoms with Gasteiger partial charge in [-0.1, -0.05) is 24.3 Å². The van der Waals surface area contributed by atoms with E-state index < -0.39 is 23.0 Å². The Balaban J connectivity index is 1.98. The van der Waals surface area contributed by atoms with Gasteiger partial charge in [-0.2, -0.15) is 18.3 Å². The lowest BCUT2D eigenvalue weighted by atomic mass is 10.1. The molecule has 1 aliphatic rings. The Morgan fingerprint density at radius 1 is 1.33 bits per heavy atom. The molecular weight excluding hydrogens is 345 g/mol. The molecule has 0 saturated carbocycles. The molecule has 5 nitrogen and oxygen atoms in total. The van der Waals surface area contributed by atoms with Crippen LogP contribution in [-0.4, -0.2) is 31.8 Å². The molecule has 9 heteroatoms. The number of hydrogen-bond acceptors (Lipinski definition) is 3. The highest BCUT2D eigenvalue weighted by atomic mass is 32.2. The van der Waals surface area contributed by atoms with Crippen molar-refractivity contribution >= 4 is 11.1 Å². The van der Waals surface area contributed by atoms with Gasteiger partial charge in [-0.25, -0.2) is 4.21 Å². The van der Waals surface area contributed by atoms with Crippen molar-refractivity contribution in [3.05, 3.63) is 41.6 Å². The zero-order valence-electron chi connectivity index (χ0n) is 12.5. The van der Waals surface area contributed by atoms with Gasteiger partial charge in [-0.15, -0.1) is 0 Å². The molecule has 1 aromatic carbocycles. The average molecular weight is 360 g/mol. The third kappa shape index (κ3) is 3.68. The van der Waals surface area contributed by atoms with E-state index >= 15 is 0 Å². The number of rotatable bonds is 4. The Hall–Kier alpha value is -1.71. The molecule has 2 atom stereocenters. The fourth-order valence-corrected chi connectivity index (χ4v) is 3.13. The van der Waals surface area contributed by atoms with Gasteiger partial charge in [0.1, 0.15) is 0 Å². The topological polar surface area (TPSA) is 64.3 Å². The molecule has 24 heavy (non-hydrogen) atoms. The molecule has 1 N–H and O–H groups in total. The maximum absolute atomic E-state index is 13.0. The van der Waals surface area contributed by atoms with E-state index in [1.165, 1.54) is 4.68 Å². The summed E-state index contributed by atoms with van der Waals surface area (Å²) in [6.07, 6.45) is -3.92. The summed E-state index contributed by atoms with van der Waals surface area (Å²) in [4.78, 5) is 0. The van der Waals surface area contributed by atoms with Crippen LogP contribution in [0.2, 0.25) is 0 Å². The van der Waals surface area contributed by atoms with Crippen molar-refractivity contribution in [3.63, 3.8) is 0 Å². The lowest BCUT2D eigenvalue weighted by Crippen LogP contribution is -2.14. The summed E-state index contributed by atoms with van der Waals surface area (Å²) in [5.74, 6) is -0.0240. The minimum absolute atomic E-state index is 0.0240. The van der Waals surface area contributed by atoms with E-state index in [2.05, 4.69) is 5.10 Å². The smallest absolute Gasteiger partial charge is 0.379 e. The van der Waals surface area contributed by atoms with Crippen molar-refractivity contribution in [3.8, 4) is 11.3 Å². The molecule has 1 aliphatic heterocycles. The SMILES string of the molecule is O=S(O)Cc1ccc(-c2cc(C(F)(F)F)nn2C2CCOC2)cc1. The van der Waals surface area contributed by atoms with Gasteiger partial charge in [-0.3, -0.25) is 4.68 Å². The Bertz CT molecular complexity index is 737. The van der Waals surface area contributed by atoms with Crippen LogP contribution in [0.1, 0.15) is 23.7 Å². The summed E-state index contributed by atoms with van der Waals surface area (Å²) in [6.45, 7) is 0.820. The monoisotopic (exact) mass is 360 g/mol. The van der Waals surface area contributed by atoms with E-state index in [9.17, 15) is 17.4 Å². The van der Waals surface area contributed by atoms with E-state index in [1.807, 2.05) is 0 Å². The van der Waals surface area contributed by atoms with Gasteiger partial charge in [0, 0.05) is 6.61 Å². The van der Waals surface area contributed by atoms with Gasteiger partial charge >= 0.3 is 6.18 Å². The Labute approximate surface area is 138 Å². The lowest BCUT2D eigenvalue weighted by molar-refractivity contribution is -0.141. The summed E-state index contributed by atoms with van der Waals surface area (Å²) in [6, 6.07) is 7.30. The van der Waals surface area contributed by atoms with Crippen molar-refractivity contribution in [2.24, 2.45) is 0 Å². The minimum Gasteiger partial charge on any atom is -0.379 e. The summed E-state index contributed by atoms with van der Waals surface area (Å²) in [5, 5.41) is 3.73. The number of halogens is 3. The largest absolute Gasteiger partial charge is 0.435 e. The molecule has 0 bridgehead atoms. The first-order chi connectivity index (χ1) is 11.3. The standard InChI is InChI=1S/C15H15F3N2O3S/c16-15(17,18)14-7-13(20(19-14)12-5-6-23-8-12)11-3-1-10(2-4-11)9-24(21)22/h1-4,7,12H,5-6,8-9H2,(H,21,22). The van der Waals surface area contributed by atoms with Crippen LogP contribution in [0.5, 0.6) is 0 Å². The number of benzene rings is 1. The highest BCUT2D eigenvalue weighted by Gasteiger charge is 2.36. The van der Waals surface area contributed by atoms with Crippen molar-refractivity contribution in [2.45, 2.75) is 24.4 Å². The lowest BCUT2D eigenvalue weighted by Gasteiger charge is -2.13. The first kappa shape index (κ1) is 17.1. The average Bonchev–Trinajstić information content (AvgIpc) is 3.16. The fourth-order valence-electron chi connectivity index (χ4n) is 2.66. The van der Waals surface area contributed by atoms with E-state index in [0.717, 1.165) is 6.07 Å². The Morgan fingerprint density at radius 2 is 2.04 bits per heavy atom. The zero-order chi connectivity index (χ0) is 17.3. The van der Waals surface area contributed by atoms with Crippen molar-refractivity contribution in [1.29, 1.82) is 0 Å². The van der Waals surface area contributed by atoms with Gasteiger partial charge in [0.25, 0.3) is 0 Å². The molecule has 0 radical (unpaired) electrons. The van der Waals surface area contributed by atoms with Gasteiger partial charge < -0.3 is 9.29 Å². The van der Waals surface area contributed by atoms with E-state index in [1.54, 1.807) is 24.3 Å². The first-order valence-electron chi connectivity index (χ1n) is 7.26. The maximum Gasteiger partial charge on any atom is 0.435 e. The molecule has 130 valence electrons. The van der Waals surface area contributed by atoms with Crippen LogP contribution < -0.4 is 0 Å². The molecule has 0 spiro atoms. The van der Waals surface area contributed by atoms with Crippen LogP contribution >= 0.6 is 0 Å². The summed E-state index contributed by atoms with van der Waals surface area (Å²) in [5.41, 5.74) is 0.614. The third-order valence-corrected chi connectivity index (χ3v) is 4.40. The number of ether oxygens (including phenoxy) is 1. The minimum atomic E-state index is -4.52. The summed E-state index contributed by atoms with van der Waals surface area (Å²) in [7, 11) is 0. The second kappa shape index (κ2) is 6.66. The molecule has 0 aliphatic carbocycles. The quantitative estimate of drug-likeness (QED) is 0.850. The predicted octanol–water partition coefficient (Wildman–Crippen LogP) is 3.25. The fraction of sp³-hybridized carbons (Fsp3) is 0.400. The van der Waals surface area contributed by atoms with Crippen molar-refractivity contribution < 1.29 is 26.7 Å². The van der Waals surface area contributed by atoms with Crippen LogP contribution in [0.15, 0.2) is 30.3 Å². The molecule has 1 fully saturated rings. The van der Waals surface area contributed by atoms with Crippen molar-refractivity contribution in [2.75, 3.05) is 13.2 Å². The van der Waals surface area contributed by atoms with Gasteiger partial charge in [-0.05, 0) is 23.6 Å². The van der Waals surface area contributed by atoms with Crippen LogP contribution in [-0.2, 0) is 27.7 Å². The molecule has 2 unspecified atom stereocenters. The molecule has 3 rings (SSSR count). The van der Waals surface area contributed by atoms with Gasteiger partial charge in [0.05, 0.1) is 24.1 Å². The molecule has 2 aromatic rings. The molecule has 0 amide bonds. The number of hydrogen-bond donors (Lipinski definition) is 1. The second-order valence-corrected chi connectivity index (χ2v) is 6.47. The first-order valence-corrected chi connectivity index (χ1v) is 8.53. The maximum atomic E-state index is 13.0. The van der Waals surface area contributed by atoms with Crippen LogP contribution in [0, 0.1) is 0 Å². The van der Waals surface area contributed by atoms with Crippen LogP contribution in [0.25, 0.3) is 11.3 Å². The molecule has 1 saturated heterocycles. The summed E-state index contributed by atoms with van der Waals surface area (Å²) >= 11 is -1.96. The van der Waals surface area contributed by atoms with E-state index in [0.29, 0.717) is 36.5 Å². The second-order valence-electron chi connectivity index (χ2n) is 5.54. The van der Waals surface area contributed by atoms with Crippen LogP contribution in [0.4, 0.5) is 13.2 Å². The highest BCUT2D eigenvalue weighted by Crippen LogP contribution is 2.34. The van der Waals surface area contributed by atoms with Gasteiger partial charge in [0.15, 0.2) is 16.8 Å².